The van der Waals surface area contributed by atoms with Crippen molar-refractivity contribution < 1.29 is 4.52 Å². The molecule has 1 unspecified atom stereocenters. The van der Waals surface area contributed by atoms with E-state index in [1.165, 1.54) is 17.0 Å². The Morgan fingerprint density at radius 2 is 2.14 bits per heavy atom. The van der Waals surface area contributed by atoms with Gasteiger partial charge in [-0.15, -0.1) is 36.2 Å². The molecule has 0 spiro atoms. The lowest BCUT2D eigenvalue weighted by Gasteiger charge is -2.29. The van der Waals surface area contributed by atoms with Crippen molar-refractivity contribution in [2.75, 3.05) is 7.05 Å². The summed E-state index contributed by atoms with van der Waals surface area (Å²) in [5, 5.41) is 5.12. The van der Waals surface area contributed by atoms with Gasteiger partial charge in [0.05, 0.1) is 23.8 Å². The third kappa shape index (κ3) is 3.97. The summed E-state index contributed by atoms with van der Waals surface area (Å²) in [6.07, 6.45) is 3.45. The van der Waals surface area contributed by atoms with Crippen LogP contribution in [0.4, 0.5) is 0 Å². The van der Waals surface area contributed by atoms with Crippen LogP contribution in [0.1, 0.15) is 46.2 Å². The van der Waals surface area contributed by atoms with Crippen molar-refractivity contribution in [3.8, 4) is 0 Å². The Morgan fingerprint density at radius 3 is 2.82 bits per heavy atom. The van der Waals surface area contributed by atoms with Crippen molar-refractivity contribution in [2.24, 2.45) is 5.73 Å². The minimum absolute atomic E-state index is 0. The molecule has 2 N–H and O–H groups in total. The van der Waals surface area contributed by atoms with Gasteiger partial charge in [-0.05, 0) is 33.2 Å². The summed E-state index contributed by atoms with van der Waals surface area (Å²) in [6, 6.07) is 0.407. The maximum absolute atomic E-state index is 5.49. The Kier molecular flexibility index (Phi) is 7.21. The maximum Gasteiger partial charge on any atom is 0.240 e. The van der Waals surface area contributed by atoms with E-state index in [0.717, 1.165) is 17.8 Å². The van der Waals surface area contributed by atoms with Gasteiger partial charge in [0.2, 0.25) is 5.89 Å². The number of aryl methyl sites for hydroxylation is 2. The number of hydrogen-bond acceptors (Lipinski definition) is 7. The summed E-state index contributed by atoms with van der Waals surface area (Å²) in [4.78, 5) is 12.6. The molecule has 1 atom stereocenters. The minimum atomic E-state index is 0. The summed E-state index contributed by atoms with van der Waals surface area (Å²) >= 11 is 1.81. The molecule has 2 heterocycles. The molecule has 0 saturated heterocycles. The monoisotopic (exact) mass is 365 g/mol. The smallest absolute Gasteiger partial charge is 0.240 e. The maximum atomic E-state index is 5.49. The third-order valence-electron chi connectivity index (χ3n) is 3.64. The molecule has 0 aromatic carbocycles. The van der Waals surface area contributed by atoms with E-state index in [9.17, 15) is 0 Å². The molecule has 3 rings (SSSR count). The number of nitrogens with zero attached hydrogens (tertiary/aromatic N) is 4. The molecule has 0 radical (unpaired) electrons. The lowest BCUT2D eigenvalue weighted by Crippen LogP contribution is -2.27. The van der Waals surface area contributed by atoms with Gasteiger partial charge in [0, 0.05) is 10.9 Å². The van der Waals surface area contributed by atoms with Gasteiger partial charge < -0.3 is 10.3 Å². The van der Waals surface area contributed by atoms with Crippen LogP contribution in [0.5, 0.6) is 0 Å². The van der Waals surface area contributed by atoms with Gasteiger partial charge >= 0.3 is 0 Å². The Labute approximate surface area is 146 Å². The highest BCUT2D eigenvalue weighted by Crippen LogP contribution is 2.37. The van der Waals surface area contributed by atoms with Gasteiger partial charge in [-0.1, -0.05) is 5.16 Å². The molecule has 0 bridgehead atoms. The fraction of sp³-hybridized carbons (Fsp3) is 0.615. The van der Waals surface area contributed by atoms with Crippen molar-refractivity contribution >= 4 is 36.2 Å². The molecule has 0 amide bonds. The molecule has 0 fully saturated rings. The Balaban J connectivity index is 0.00000121. The van der Waals surface area contributed by atoms with Crippen LogP contribution in [0.15, 0.2) is 4.52 Å². The van der Waals surface area contributed by atoms with Crippen LogP contribution >= 0.6 is 36.2 Å². The van der Waals surface area contributed by atoms with Crippen LogP contribution in [-0.2, 0) is 19.5 Å². The number of thiazole rings is 1. The standard InChI is InChI=1S/C13H19N5OS.2ClH/c1-8-15-9-4-3-5-10(13(9)20-8)18(2)7-11-16-12(6-14)19-17-11;;/h10H,3-7,14H2,1-2H3;2*1H. The van der Waals surface area contributed by atoms with Gasteiger partial charge in [-0.25, -0.2) is 4.98 Å². The average Bonchev–Trinajstić information content (AvgIpc) is 3.02. The fourth-order valence-electron chi connectivity index (χ4n) is 2.71. The second kappa shape index (κ2) is 8.21. The topological polar surface area (TPSA) is 81.1 Å². The zero-order valence-electron chi connectivity index (χ0n) is 12.6. The molecule has 0 aliphatic heterocycles. The number of nitrogens with two attached hydrogens (primary N) is 1. The van der Waals surface area contributed by atoms with Crippen molar-refractivity contribution in [2.45, 2.75) is 45.3 Å². The highest BCUT2D eigenvalue weighted by Gasteiger charge is 2.27. The van der Waals surface area contributed by atoms with Crippen LogP contribution in [-0.4, -0.2) is 27.1 Å². The predicted octanol–water partition coefficient (Wildman–Crippen LogP) is 2.65. The molecule has 124 valence electrons. The largest absolute Gasteiger partial charge is 0.338 e. The zero-order valence-corrected chi connectivity index (χ0v) is 15.1. The van der Waals surface area contributed by atoms with E-state index in [4.69, 9.17) is 10.3 Å². The number of rotatable bonds is 4. The quantitative estimate of drug-likeness (QED) is 0.896. The molecule has 9 heteroatoms. The minimum Gasteiger partial charge on any atom is -0.338 e. The summed E-state index contributed by atoms with van der Waals surface area (Å²) in [5.74, 6) is 1.19. The highest BCUT2D eigenvalue weighted by atomic mass is 35.5. The third-order valence-corrected chi connectivity index (χ3v) is 4.75. The van der Waals surface area contributed by atoms with Crippen LogP contribution in [0.2, 0.25) is 0 Å². The lowest BCUT2D eigenvalue weighted by atomic mass is 9.97. The van der Waals surface area contributed by atoms with E-state index in [2.05, 4.69) is 34.0 Å². The Bertz CT molecular complexity index is 603. The molecule has 22 heavy (non-hydrogen) atoms. The predicted molar refractivity (Wildman–Crippen MR) is 90.7 cm³/mol. The summed E-state index contributed by atoms with van der Waals surface area (Å²) in [5.41, 5.74) is 6.76. The Hall–Kier alpha value is -0.730. The van der Waals surface area contributed by atoms with Gasteiger partial charge in [-0.3, -0.25) is 4.90 Å². The molecular formula is C13H21Cl2N5OS. The first kappa shape index (κ1) is 19.3. The Morgan fingerprint density at radius 1 is 1.36 bits per heavy atom. The summed E-state index contributed by atoms with van der Waals surface area (Å²) < 4.78 is 5.05. The van der Waals surface area contributed by atoms with Crippen molar-refractivity contribution in [1.82, 2.24) is 20.0 Å². The van der Waals surface area contributed by atoms with Crippen molar-refractivity contribution in [3.63, 3.8) is 0 Å². The zero-order chi connectivity index (χ0) is 14.1. The van der Waals surface area contributed by atoms with E-state index in [1.807, 2.05) is 11.3 Å². The molecule has 0 saturated carbocycles. The second-order valence-electron chi connectivity index (χ2n) is 5.18. The van der Waals surface area contributed by atoms with E-state index in [-0.39, 0.29) is 24.8 Å². The molecule has 2 aromatic rings. The average molecular weight is 366 g/mol. The van der Waals surface area contributed by atoms with E-state index >= 15 is 0 Å². The summed E-state index contributed by atoms with van der Waals surface area (Å²) in [7, 11) is 2.10. The van der Waals surface area contributed by atoms with Crippen LogP contribution < -0.4 is 5.73 Å². The first-order valence-corrected chi connectivity index (χ1v) is 7.67. The number of hydrogen-bond donors (Lipinski definition) is 1. The second-order valence-corrected chi connectivity index (χ2v) is 6.41. The summed E-state index contributed by atoms with van der Waals surface area (Å²) in [6.45, 7) is 3.04. The lowest BCUT2D eigenvalue weighted by molar-refractivity contribution is 0.208. The van der Waals surface area contributed by atoms with Gasteiger partial charge in [0.25, 0.3) is 0 Å². The number of halogens is 2. The van der Waals surface area contributed by atoms with Crippen LogP contribution in [0.3, 0.4) is 0 Å². The SMILES string of the molecule is Cc1nc2c(s1)C(N(C)Cc1noc(CN)n1)CCC2.Cl.Cl. The normalized spacial score (nSPS) is 16.8. The molecule has 1 aliphatic carbocycles. The highest BCUT2D eigenvalue weighted by molar-refractivity contribution is 7.11. The van der Waals surface area contributed by atoms with Crippen molar-refractivity contribution in [3.05, 3.63) is 27.3 Å². The van der Waals surface area contributed by atoms with Crippen molar-refractivity contribution in [1.29, 1.82) is 0 Å². The van der Waals surface area contributed by atoms with Crippen LogP contribution in [0.25, 0.3) is 0 Å². The van der Waals surface area contributed by atoms with Gasteiger partial charge in [0.15, 0.2) is 5.82 Å². The van der Waals surface area contributed by atoms with E-state index in [1.54, 1.807) is 0 Å². The van der Waals surface area contributed by atoms with Gasteiger partial charge in [0.1, 0.15) is 0 Å². The molecule has 6 nitrogen and oxygen atoms in total. The van der Waals surface area contributed by atoms with Gasteiger partial charge in [-0.2, -0.15) is 4.98 Å². The van der Waals surface area contributed by atoms with E-state index in [0.29, 0.717) is 30.8 Å². The molecule has 2 aromatic heterocycles. The molecule has 1 aliphatic rings. The first-order chi connectivity index (χ1) is 9.67. The van der Waals surface area contributed by atoms with E-state index < -0.39 is 0 Å². The number of fused-ring (bicyclic) bond motifs is 1. The first-order valence-electron chi connectivity index (χ1n) is 6.85. The number of aromatic nitrogens is 3. The van der Waals surface area contributed by atoms with Crippen LogP contribution in [0, 0.1) is 6.92 Å². The fourth-order valence-corrected chi connectivity index (χ4v) is 3.88. The molecular weight excluding hydrogens is 345 g/mol.